The molecule has 2 aliphatic heterocycles. The van der Waals surface area contributed by atoms with Gasteiger partial charge in [0.2, 0.25) is 0 Å². The van der Waals surface area contributed by atoms with Crippen molar-refractivity contribution < 1.29 is 19.1 Å². The largest absolute Gasteiger partial charge is 0.492 e. The molecule has 0 spiro atoms. The molecule has 1 unspecified atom stereocenters. The van der Waals surface area contributed by atoms with Crippen molar-refractivity contribution in [2.75, 3.05) is 44.7 Å². The first-order valence-electron chi connectivity index (χ1n) is 9.38. The predicted octanol–water partition coefficient (Wildman–Crippen LogP) is 2.06. The summed E-state index contributed by atoms with van der Waals surface area (Å²) < 4.78 is 11.1. The number of benzene rings is 1. The highest BCUT2D eigenvalue weighted by atomic mass is 35.5. The highest BCUT2D eigenvalue weighted by Gasteiger charge is 2.24. The third-order valence-corrected chi connectivity index (χ3v) is 4.65. The summed E-state index contributed by atoms with van der Waals surface area (Å²) >= 11 is 0. The van der Waals surface area contributed by atoms with Gasteiger partial charge < -0.3 is 25.0 Å². The van der Waals surface area contributed by atoms with E-state index in [1.54, 1.807) is 18.2 Å². The fourth-order valence-electron chi connectivity index (χ4n) is 3.27. The second kappa shape index (κ2) is 10.5. The number of hydrogen-bond donors (Lipinski definition) is 2. The van der Waals surface area contributed by atoms with Crippen molar-refractivity contribution in [1.29, 1.82) is 0 Å². The molecular weight excluding hydrogens is 370 g/mol. The van der Waals surface area contributed by atoms with Crippen LogP contribution in [0.3, 0.4) is 0 Å². The van der Waals surface area contributed by atoms with Crippen LogP contribution in [0.2, 0.25) is 0 Å². The van der Waals surface area contributed by atoms with Gasteiger partial charge in [-0.2, -0.15) is 0 Å². The second-order valence-electron chi connectivity index (χ2n) is 6.55. The standard InChI is InChI=1S/C19H27N3O4.ClH/c1-2-25-16-7-6-14(19(24)22-9-4-3-5-10-22)12-15(16)21-18(23)17-13-20-8-11-26-17;/h6-7,12,17,20H,2-5,8-11,13H2,1H3,(H,21,23);1H. The number of hydrogen-bond acceptors (Lipinski definition) is 5. The average Bonchev–Trinajstić information content (AvgIpc) is 2.70. The molecule has 8 heteroatoms. The molecule has 0 bridgehead atoms. The van der Waals surface area contributed by atoms with E-state index < -0.39 is 6.10 Å². The average molecular weight is 398 g/mol. The van der Waals surface area contributed by atoms with Gasteiger partial charge in [-0.3, -0.25) is 9.59 Å². The maximum atomic E-state index is 12.7. The van der Waals surface area contributed by atoms with Crippen LogP contribution in [0.4, 0.5) is 5.69 Å². The maximum absolute atomic E-state index is 12.7. The number of piperidine rings is 1. The third-order valence-electron chi connectivity index (χ3n) is 4.65. The third kappa shape index (κ3) is 5.57. The molecule has 1 atom stereocenters. The minimum atomic E-state index is -0.542. The van der Waals surface area contributed by atoms with Crippen LogP contribution in [-0.4, -0.2) is 62.2 Å². The van der Waals surface area contributed by atoms with Crippen molar-refractivity contribution in [3.63, 3.8) is 0 Å². The van der Waals surface area contributed by atoms with Gasteiger partial charge in [-0.1, -0.05) is 0 Å². The summed E-state index contributed by atoms with van der Waals surface area (Å²) in [4.78, 5) is 27.1. The molecule has 0 radical (unpaired) electrons. The zero-order valence-corrected chi connectivity index (χ0v) is 16.5. The molecule has 0 saturated carbocycles. The van der Waals surface area contributed by atoms with Crippen LogP contribution < -0.4 is 15.4 Å². The Morgan fingerprint density at radius 1 is 1.30 bits per heavy atom. The molecule has 2 saturated heterocycles. The van der Waals surface area contributed by atoms with Crippen molar-refractivity contribution >= 4 is 29.9 Å². The lowest BCUT2D eigenvalue weighted by molar-refractivity contribution is -0.128. The van der Waals surface area contributed by atoms with Gasteiger partial charge >= 0.3 is 0 Å². The monoisotopic (exact) mass is 397 g/mol. The van der Waals surface area contributed by atoms with E-state index in [2.05, 4.69) is 10.6 Å². The molecule has 2 amide bonds. The molecular formula is C19H28ClN3O4. The Bertz CT molecular complexity index is 644. The molecule has 2 aliphatic rings. The molecule has 0 aliphatic carbocycles. The Morgan fingerprint density at radius 2 is 2.07 bits per heavy atom. The number of halogens is 1. The molecule has 7 nitrogen and oxygen atoms in total. The first-order valence-corrected chi connectivity index (χ1v) is 9.38. The molecule has 150 valence electrons. The Hall–Kier alpha value is -1.83. The summed E-state index contributed by atoms with van der Waals surface area (Å²) in [6.07, 6.45) is 2.71. The topological polar surface area (TPSA) is 79.9 Å². The van der Waals surface area contributed by atoms with Gasteiger partial charge in [0.25, 0.3) is 11.8 Å². The summed E-state index contributed by atoms with van der Waals surface area (Å²) in [6, 6.07) is 5.21. The molecule has 1 aromatic carbocycles. The molecule has 2 fully saturated rings. The van der Waals surface area contributed by atoms with E-state index in [0.717, 1.165) is 32.5 Å². The number of morpholine rings is 1. The van der Waals surface area contributed by atoms with Crippen LogP contribution in [0.15, 0.2) is 18.2 Å². The molecule has 3 rings (SSSR count). The number of carbonyl (C=O) groups excluding carboxylic acids is 2. The van der Waals surface area contributed by atoms with Crippen molar-refractivity contribution in [3.05, 3.63) is 23.8 Å². The summed E-state index contributed by atoms with van der Waals surface area (Å²) in [5.41, 5.74) is 1.07. The smallest absolute Gasteiger partial charge is 0.254 e. The highest BCUT2D eigenvalue weighted by Crippen LogP contribution is 2.27. The summed E-state index contributed by atoms with van der Waals surface area (Å²) in [6.45, 7) is 5.65. The van der Waals surface area contributed by atoms with Gasteiger partial charge in [0, 0.05) is 31.7 Å². The van der Waals surface area contributed by atoms with E-state index in [4.69, 9.17) is 9.47 Å². The Morgan fingerprint density at radius 3 is 2.74 bits per heavy atom. The van der Waals surface area contributed by atoms with Crippen LogP contribution in [0, 0.1) is 0 Å². The summed E-state index contributed by atoms with van der Waals surface area (Å²) in [5, 5.41) is 6.00. The fourth-order valence-corrected chi connectivity index (χ4v) is 3.27. The zero-order chi connectivity index (χ0) is 18.4. The highest BCUT2D eigenvalue weighted by molar-refractivity contribution is 5.99. The molecule has 1 aromatic rings. The van der Waals surface area contributed by atoms with Crippen molar-refractivity contribution in [1.82, 2.24) is 10.2 Å². The quantitative estimate of drug-likeness (QED) is 0.795. The zero-order valence-electron chi connectivity index (χ0n) is 15.7. The van der Waals surface area contributed by atoms with E-state index in [1.165, 1.54) is 6.42 Å². The van der Waals surface area contributed by atoms with Crippen molar-refractivity contribution in [3.8, 4) is 5.75 Å². The lowest BCUT2D eigenvalue weighted by atomic mass is 10.1. The first-order chi connectivity index (χ1) is 12.7. The summed E-state index contributed by atoms with van der Waals surface area (Å²) in [7, 11) is 0. The van der Waals surface area contributed by atoms with Gasteiger partial charge in [0.05, 0.1) is 18.9 Å². The lowest BCUT2D eigenvalue weighted by Crippen LogP contribution is -2.45. The van der Waals surface area contributed by atoms with E-state index in [-0.39, 0.29) is 24.2 Å². The Labute approximate surface area is 166 Å². The van der Waals surface area contributed by atoms with Crippen LogP contribution in [0.25, 0.3) is 0 Å². The number of rotatable bonds is 5. The Balaban J connectivity index is 0.00000261. The SMILES string of the molecule is CCOc1ccc(C(=O)N2CCCCC2)cc1NC(=O)C1CNCCO1.Cl. The number of nitrogens with one attached hydrogen (secondary N) is 2. The van der Waals surface area contributed by atoms with Crippen LogP contribution in [0.5, 0.6) is 5.75 Å². The van der Waals surface area contributed by atoms with Gasteiger partial charge in [0.15, 0.2) is 0 Å². The van der Waals surface area contributed by atoms with Gasteiger partial charge in [-0.05, 0) is 44.4 Å². The van der Waals surface area contributed by atoms with Crippen LogP contribution in [-0.2, 0) is 9.53 Å². The Kier molecular flexibility index (Phi) is 8.34. The number of amides is 2. The number of likely N-dealkylation sites (tertiary alicyclic amines) is 1. The number of ether oxygens (including phenoxy) is 2. The second-order valence-corrected chi connectivity index (χ2v) is 6.55. The van der Waals surface area contributed by atoms with Gasteiger partial charge in [0.1, 0.15) is 11.9 Å². The van der Waals surface area contributed by atoms with E-state index in [1.807, 2.05) is 11.8 Å². The molecule has 2 N–H and O–H groups in total. The molecule has 2 heterocycles. The van der Waals surface area contributed by atoms with E-state index >= 15 is 0 Å². The van der Waals surface area contributed by atoms with Crippen LogP contribution >= 0.6 is 12.4 Å². The normalized spacial score (nSPS) is 19.7. The maximum Gasteiger partial charge on any atom is 0.254 e. The molecule has 0 aromatic heterocycles. The number of anilines is 1. The van der Waals surface area contributed by atoms with Gasteiger partial charge in [-0.25, -0.2) is 0 Å². The van der Waals surface area contributed by atoms with Crippen LogP contribution in [0.1, 0.15) is 36.5 Å². The van der Waals surface area contributed by atoms with Gasteiger partial charge in [-0.15, -0.1) is 12.4 Å². The minimum absolute atomic E-state index is 0. The van der Waals surface area contributed by atoms with E-state index in [0.29, 0.717) is 36.8 Å². The fraction of sp³-hybridized carbons (Fsp3) is 0.579. The number of carbonyl (C=O) groups is 2. The minimum Gasteiger partial charge on any atom is -0.492 e. The summed E-state index contributed by atoms with van der Waals surface area (Å²) in [5.74, 6) is 0.319. The van der Waals surface area contributed by atoms with Crippen molar-refractivity contribution in [2.45, 2.75) is 32.3 Å². The first kappa shape index (κ1) is 21.5. The predicted molar refractivity (Wildman–Crippen MR) is 106 cm³/mol. The number of nitrogens with zero attached hydrogens (tertiary/aromatic N) is 1. The molecule has 27 heavy (non-hydrogen) atoms. The lowest BCUT2D eigenvalue weighted by Gasteiger charge is -2.27. The van der Waals surface area contributed by atoms with Crippen molar-refractivity contribution in [2.24, 2.45) is 0 Å². The van der Waals surface area contributed by atoms with E-state index in [9.17, 15) is 9.59 Å².